The van der Waals surface area contributed by atoms with Gasteiger partial charge in [0.1, 0.15) is 11.5 Å². The molecule has 9 heteroatoms. The lowest BCUT2D eigenvalue weighted by Crippen LogP contribution is -2.68. The van der Waals surface area contributed by atoms with E-state index in [9.17, 15) is 13.6 Å². The quantitative estimate of drug-likeness (QED) is 0.722. The fraction of sp³-hybridized carbons (Fsp3) is 0.560. The summed E-state index contributed by atoms with van der Waals surface area (Å²) < 4.78 is 25.5. The van der Waals surface area contributed by atoms with Crippen molar-refractivity contribution in [3.05, 3.63) is 54.0 Å². The summed E-state index contributed by atoms with van der Waals surface area (Å²) >= 11 is 0. The Hall–Kier alpha value is -2.81. The van der Waals surface area contributed by atoms with Crippen molar-refractivity contribution in [2.75, 3.05) is 31.1 Å². The predicted octanol–water partition coefficient (Wildman–Crippen LogP) is 3.69. The highest BCUT2D eigenvalue weighted by molar-refractivity contribution is 5.76. The minimum Gasteiger partial charge on any atom is -0.351 e. The number of nitrogens with one attached hydrogen (secondary N) is 1. The maximum Gasteiger partial charge on any atom is 0.318 e. The number of likely N-dealkylation sites (tertiary alicyclic amines) is 1. The van der Waals surface area contributed by atoms with E-state index in [0.29, 0.717) is 24.3 Å². The number of benzene rings is 1. The van der Waals surface area contributed by atoms with Crippen LogP contribution in [0.25, 0.3) is 0 Å². The van der Waals surface area contributed by atoms with Crippen molar-refractivity contribution in [3.8, 4) is 0 Å². The maximum atomic E-state index is 13.1. The molecule has 0 bridgehead atoms. The van der Waals surface area contributed by atoms with Gasteiger partial charge in [-0.2, -0.15) is 0 Å². The first-order chi connectivity index (χ1) is 16.3. The van der Waals surface area contributed by atoms with Gasteiger partial charge in [0.05, 0.1) is 12.4 Å². The van der Waals surface area contributed by atoms with Crippen molar-refractivity contribution < 1.29 is 13.6 Å². The number of carbonyl (C=O) groups excluding carboxylic acids is 1. The average molecular weight is 471 g/mol. The molecule has 0 radical (unpaired) electrons. The van der Waals surface area contributed by atoms with E-state index in [2.05, 4.69) is 44.5 Å². The molecule has 1 N–H and O–H groups in total. The molecule has 1 aliphatic carbocycles. The first-order valence-electron chi connectivity index (χ1n) is 12.0. The number of hydrogen-bond acceptors (Lipinski definition) is 5. The van der Waals surface area contributed by atoms with Crippen LogP contribution >= 0.6 is 0 Å². The SMILES string of the molecule is C[C@@H]1CN(c2cnc(C(F)F)cn2)C[C@@H](C)N1C(=O)NC1CC2(C1)CN(Cc1ccccc1)C2. The molecule has 5 rings (SSSR count). The van der Waals surface area contributed by atoms with E-state index < -0.39 is 6.43 Å². The second kappa shape index (κ2) is 9.09. The molecular weight excluding hydrogens is 438 g/mol. The van der Waals surface area contributed by atoms with Crippen LogP contribution in [0.4, 0.5) is 19.4 Å². The maximum absolute atomic E-state index is 13.1. The molecule has 1 spiro atoms. The Morgan fingerprint density at radius 2 is 1.76 bits per heavy atom. The number of aromatic nitrogens is 2. The van der Waals surface area contributed by atoms with Gasteiger partial charge < -0.3 is 15.1 Å². The molecule has 1 saturated carbocycles. The fourth-order valence-corrected chi connectivity index (χ4v) is 5.97. The molecule has 2 saturated heterocycles. The zero-order valence-corrected chi connectivity index (χ0v) is 19.7. The Kier molecular flexibility index (Phi) is 6.14. The van der Waals surface area contributed by atoms with Crippen molar-refractivity contribution in [1.29, 1.82) is 0 Å². The number of amides is 2. The van der Waals surface area contributed by atoms with Crippen LogP contribution in [0.1, 0.15) is 44.4 Å². The van der Waals surface area contributed by atoms with Crippen molar-refractivity contribution >= 4 is 11.8 Å². The van der Waals surface area contributed by atoms with Crippen LogP contribution in [0.3, 0.4) is 0 Å². The van der Waals surface area contributed by atoms with Crippen molar-refractivity contribution in [3.63, 3.8) is 0 Å². The highest BCUT2D eigenvalue weighted by Crippen LogP contribution is 2.48. The zero-order chi connectivity index (χ0) is 23.9. The summed E-state index contributed by atoms with van der Waals surface area (Å²) in [6, 6.07) is 10.7. The number of rotatable bonds is 5. The minimum atomic E-state index is -2.63. The van der Waals surface area contributed by atoms with E-state index in [1.165, 1.54) is 11.8 Å². The van der Waals surface area contributed by atoms with Crippen LogP contribution in [0.5, 0.6) is 0 Å². The summed E-state index contributed by atoms with van der Waals surface area (Å²) in [5.74, 6) is 0.564. The van der Waals surface area contributed by atoms with Gasteiger partial charge in [0.15, 0.2) is 0 Å². The van der Waals surface area contributed by atoms with Crippen molar-refractivity contribution in [2.24, 2.45) is 5.41 Å². The van der Waals surface area contributed by atoms with E-state index >= 15 is 0 Å². The number of anilines is 1. The van der Waals surface area contributed by atoms with Gasteiger partial charge in [0.2, 0.25) is 0 Å². The van der Waals surface area contributed by atoms with Crippen LogP contribution in [-0.4, -0.2) is 70.1 Å². The van der Waals surface area contributed by atoms with Gasteiger partial charge in [0, 0.05) is 50.8 Å². The Balaban J connectivity index is 1.09. The summed E-state index contributed by atoms with van der Waals surface area (Å²) in [6.45, 7) is 8.40. The van der Waals surface area contributed by atoms with Gasteiger partial charge in [-0.1, -0.05) is 30.3 Å². The van der Waals surface area contributed by atoms with Gasteiger partial charge in [-0.25, -0.2) is 23.5 Å². The largest absolute Gasteiger partial charge is 0.351 e. The average Bonchev–Trinajstić information content (AvgIpc) is 2.76. The van der Waals surface area contributed by atoms with Gasteiger partial charge in [-0.3, -0.25) is 4.90 Å². The number of halogens is 2. The molecule has 0 unspecified atom stereocenters. The molecule has 3 fully saturated rings. The molecule has 2 aromatic rings. The smallest absolute Gasteiger partial charge is 0.318 e. The number of nitrogens with zero attached hydrogens (tertiary/aromatic N) is 5. The molecule has 1 aromatic carbocycles. The van der Waals surface area contributed by atoms with Crippen molar-refractivity contribution in [1.82, 2.24) is 25.1 Å². The summed E-state index contributed by atoms with van der Waals surface area (Å²) in [4.78, 5) is 27.5. The Morgan fingerprint density at radius 3 is 2.35 bits per heavy atom. The predicted molar refractivity (Wildman–Crippen MR) is 126 cm³/mol. The summed E-state index contributed by atoms with van der Waals surface area (Å²) in [5, 5.41) is 3.25. The molecule has 1 aromatic heterocycles. The van der Waals surface area contributed by atoms with Crippen LogP contribution in [0, 0.1) is 5.41 Å². The third-order valence-corrected chi connectivity index (χ3v) is 7.41. The van der Waals surface area contributed by atoms with Gasteiger partial charge in [-0.05, 0) is 37.7 Å². The third kappa shape index (κ3) is 4.58. The topological polar surface area (TPSA) is 64.6 Å². The van der Waals surface area contributed by atoms with Crippen LogP contribution < -0.4 is 10.2 Å². The summed E-state index contributed by atoms with van der Waals surface area (Å²) in [7, 11) is 0. The number of hydrogen-bond donors (Lipinski definition) is 1. The van der Waals surface area contributed by atoms with Gasteiger partial charge in [-0.15, -0.1) is 0 Å². The summed E-state index contributed by atoms with van der Waals surface area (Å²) in [6.07, 6.45) is 1.97. The zero-order valence-electron chi connectivity index (χ0n) is 19.7. The number of alkyl halides is 2. The van der Waals surface area contributed by atoms with Crippen LogP contribution in [-0.2, 0) is 6.54 Å². The molecule has 2 aliphatic heterocycles. The lowest BCUT2D eigenvalue weighted by Gasteiger charge is -2.59. The van der Waals surface area contributed by atoms with Gasteiger partial charge >= 0.3 is 6.03 Å². The second-order valence-electron chi connectivity index (χ2n) is 10.3. The number of piperazine rings is 1. The molecule has 34 heavy (non-hydrogen) atoms. The number of carbonyl (C=O) groups is 1. The van der Waals surface area contributed by atoms with E-state index in [4.69, 9.17) is 0 Å². The lowest BCUT2D eigenvalue weighted by molar-refractivity contribution is -0.0812. The molecule has 3 aliphatic rings. The van der Waals surface area contributed by atoms with E-state index in [1.54, 1.807) is 0 Å². The van der Waals surface area contributed by atoms with E-state index in [-0.39, 0.29) is 29.9 Å². The highest BCUT2D eigenvalue weighted by atomic mass is 19.3. The molecule has 182 valence electrons. The first-order valence-corrected chi connectivity index (χ1v) is 12.0. The second-order valence-corrected chi connectivity index (χ2v) is 10.3. The molecule has 2 atom stereocenters. The fourth-order valence-electron chi connectivity index (χ4n) is 5.97. The molecular formula is C25H32F2N6O. The molecule has 2 amide bonds. The third-order valence-electron chi connectivity index (χ3n) is 7.41. The summed E-state index contributed by atoms with van der Waals surface area (Å²) in [5.41, 5.74) is 1.39. The lowest BCUT2D eigenvalue weighted by atomic mass is 9.60. The number of urea groups is 1. The highest BCUT2D eigenvalue weighted by Gasteiger charge is 2.52. The van der Waals surface area contributed by atoms with E-state index in [1.807, 2.05) is 29.7 Å². The van der Waals surface area contributed by atoms with E-state index in [0.717, 1.165) is 38.7 Å². The van der Waals surface area contributed by atoms with Crippen molar-refractivity contribution in [2.45, 2.75) is 57.8 Å². The Morgan fingerprint density at radius 1 is 1.09 bits per heavy atom. The molecule has 3 heterocycles. The minimum absolute atomic E-state index is 0.0147. The Labute approximate surface area is 199 Å². The normalized spacial score (nSPS) is 24.7. The standard InChI is InChI=1S/C25H32F2N6O/c1-17-12-32(22-11-28-21(10-29-22)23(26)27)13-18(2)33(17)24(34)30-20-8-25(9-20)15-31(16-25)14-19-6-4-3-5-7-19/h3-7,10-11,17-18,20,23H,8-9,12-16H2,1-2H3,(H,30,34)/t17-,18-/m1/s1. The first kappa shape index (κ1) is 23.0. The monoisotopic (exact) mass is 470 g/mol. The van der Waals surface area contributed by atoms with Gasteiger partial charge in [0.25, 0.3) is 6.43 Å². The van der Waals surface area contributed by atoms with Crippen LogP contribution in [0.15, 0.2) is 42.7 Å². The van der Waals surface area contributed by atoms with Crippen LogP contribution in [0.2, 0.25) is 0 Å². The Bertz CT molecular complexity index is 978. The molecule has 7 nitrogen and oxygen atoms in total.